The molecule has 1 aromatic rings. The van der Waals surface area contributed by atoms with Gasteiger partial charge in [0, 0.05) is 11.5 Å². The van der Waals surface area contributed by atoms with Crippen LogP contribution in [-0.2, 0) is 5.41 Å². The van der Waals surface area contributed by atoms with Gasteiger partial charge in [0.2, 0.25) is 0 Å². The summed E-state index contributed by atoms with van der Waals surface area (Å²) in [5, 5.41) is 3.73. The Balaban J connectivity index is 1.86. The third-order valence-corrected chi connectivity index (χ3v) is 5.95. The topological polar surface area (TPSA) is 12.0 Å². The van der Waals surface area contributed by atoms with Crippen LogP contribution < -0.4 is 5.32 Å². The predicted octanol–water partition coefficient (Wildman–Crippen LogP) is 4.52. The van der Waals surface area contributed by atoms with Gasteiger partial charge in [0.05, 0.1) is 0 Å². The number of rotatable bonds is 4. The smallest absolute Gasteiger partial charge is 0.0189 e. The lowest BCUT2D eigenvalue weighted by Gasteiger charge is -2.52. The van der Waals surface area contributed by atoms with Crippen molar-refractivity contribution in [3.05, 3.63) is 35.9 Å². The summed E-state index contributed by atoms with van der Waals surface area (Å²) in [5.74, 6) is 1.78. The zero-order chi connectivity index (χ0) is 14.0. The minimum Gasteiger partial charge on any atom is -0.316 e. The van der Waals surface area contributed by atoms with Gasteiger partial charge < -0.3 is 5.32 Å². The Morgan fingerprint density at radius 1 is 1.10 bits per heavy atom. The van der Waals surface area contributed by atoms with Crippen LogP contribution >= 0.6 is 0 Å². The first-order valence-electron chi connectivity index (χ1n) is 8.49. The second-order valence-electron chi connectivity index (χ2n) is 7.17. The van der Waals surface area contributed by atoms with Crippen LogP contribution in [0.3, 0.4) is 0 Å². The molecule has 1 aromatic carbocycles. The van der Waals surface area contributed by atoms with E-state index in [1.807, 2.05) is 0 Å². The minimum atomic E-state index is 0.414. The van der Waals surface area contributed by atoms with E-state index in [-0.39, 0.29) is 0 Å². The van der Waals surface area contributed by atoms with Gasteiger partial charge in [0.15, 0.2) is 0 Å². The lowest BCUT2D eigenvalue weighted by molar-refractivity contribution is 0.0986. The maximum Gasteiger partial charge on any atom is 0.0189 e. The van der Waals surface area contributed by atoms with Crippen molar-refractivity contribution in [1.29, 1.82) is 0 Å². The lowest BCUT2D eigenvalue weighted by Crippen LogP contribution is -2.56. The number of hydrogen-bond donors (Lipinski definition) is 1. The average Bonchev–Trinajstić information content (AvgIpc) is 2.43. The van der Waals surface area contributed by atoms with Crippen LogP contribution in [0.5, 0.6) is 0 Å². The number of likely N-dealkylation sites (N-methyl/N-ethyl adjacent to an activating group) is 1. The molecule has 1 N–H and O–H groups in total. The van der Waals surface area contributed by atoms with E-state index in [1.165, 1.54) is 44.9 Å². The second-order valence-corrected chi connectivity index (χ2v) is 7.17. The van der Waals surface area contributed by atoms with E-state index >= 15 is 0 Å². The monoisotopic (exact) mass is 271 g/mol. The Morgan fingerprint density at radius 2 is 1.85 bits per heavy atom. The van der Waals surface area contributed by atoms with Crippen molar-refractivity contribution in [1.82, 2.24) is 5.32 Å². The second kappa shape index (κ2) is 5.89. The molecule has 0 spiro atoms. The van der Waals surface area contributed by atoms with Gasteiger partial charge in [-0.05, 0) is 50.1 Å². The third-order valence-electron chi connectivity index (χ3n) is 5.95. The zero-order valence-corrected chi connectivity index (χ0v) is 13.1. The van der Waals surface area contributed by atoms with Crippen LogP contribution in [-0.4, -0.2) is 13.1 Å². The molecule has 110 valence electrons. The quantitative estimate of drug-likeness (QED) is 0.849. The van der Waals surface area contributed by atoms with Gasteiger partial charge in [-0.3, -0.25) is 0 Å². The highest BCUT2D eigenvalue weighted by Crippen LogP contribution is 2.50. The molecule has 3 atom stereocenters. The Hall–Kier alpha value is -0.820. The van der Waals surface area contributed by atoms with Gasteiger partial charge in [-0.1, -0.05) is 56.5 Å². The van der Waals surface area contributed by atoms with E-state index in [1.54, 1.807) is 5.56 Å². The highest BCUT2D eigenvalue weighted by atomic mass is 14.9. The normalized spacial score (nSPS) is 30.5. The summed E-state index contributed by atoms with van der Waals surface area (Å²) in [5.41, 5.74) is 1.99. The molecule has 3 unspecified atom stereocenters. The van der Waals surface area contributed by atoms with Gasteiger partial charge in [-0.25, -0.2) is 0 Å². The summed E-state index contributed by atoms with van der Waals surface area (Å²) in [6.07, 6.45) is 9.83. The largest absolute Gasteiger partial charge is 0.316 e. The molecule has 0 aliphatic heterocycles. The first-order chi connectivity index (χ1) is 9.76. The van der Waals surface area contributed by atoms with Crippen molar-refractivity contribution in [2.45, 2.75) is 63.3 Å². The Labute approximate surface area is 124 Å². The molecular weight excluding hydrogens is 242 g/mol. The standard InChI is InChI=1S/C19H29N/c1-15-8-6-9-16(14-15)18(20-2)19(12-7-13-19)17-10-4-3-5-11-17/h3-5,10-11,15-16,18,20H,6-9,12-14H2,1-2H3. The summed E-state index contributed by atoms with van der Waals surface area (Å²) < 4.78 is 0. The Bertz CT molecular complexity index is 421. The van der Waals surface area contributed by atoms with Crippen LogP contribution in [0.2, 0.25) is 0 Å². The van der Waals surface area contributed by atoms with Crippen molar-refractivity contribution in [2.75, 3.05) is 7.05 Å². The van der Waals surface area contributed by atoms with Gasteiger partial charge in [-0.2, -0.15) is 0 Å². The molecule has 1 heteroatoms. The van der Waals surface area contributed by atoms with Gasteiger partial charge in [0.1, 0.15) is 0 Å². The van der Waals surface area contributed by atoms with Crippen LogP contribution in [0.25, 0.3) is 0 Å². The summed E-state index contributed by atoms with van der Waals surface area (Å²) in [6, 6.07) is 12.0. The summed E-state index contributed by atoms with van der Waals surface area (Å²) in [4.78, 5) is 0. The van der Waals surface area contributed by atoms with E-state index in [0.717, 1.165) is 11.8 Å². The molecule has 1 nitrogen and oxygen atoms in total. The van der Waals surface area contributed by atoms with E-state index in [4.69, 9.17) is 0 Å². The molecule has 0 saturated heterocycles. The van der Waals surface area contributed by atoms with Crippen LogP contribution in [0.1, 0.15) is 57.4 Å². The molecule has 0 radical (unpaired) electrons. The Morgan fingerprint density at radius 3 is 2.40 bits per heavy atom. The highest BCUT2D eigenvalue weighted by Gasteiger charge is 2.47. The molecule has 2 saturated carbocycles. The molecule has 0 bridgehead atoms. The Kier molecular flexibility index (Phi) is 4.16. The van der Waals surface area contributed by atoms with Crippen molar-refractivity contribution in [3.8, 4) is 0 Å². The molecule has 2 aliphatic carbocycles. The first kappa shape index (κ1) is 14.1. The van der Waals surface area contributed by atoms with Crippen LogP contribution in [0.4, 0.5) is 0 Å². The number of benzene rings is 1. The maximum absolute atomic E-state index is 3.73. The number of nitrogens with one attached hydrogen (secondary N) is 1. The molecular formula is C19H29N. The molecule has 0 heterocycles. The maximum atomic E-state index is 3.73. The summed E-state index contributed by atoms with van der Waals surface area (Å²) >= 11 is 0. The molecule has 2 fully saturated rings. The fourth-order valence-corrected chi connectivity index (χ4v) is 4.85. The molecule has 3 rings (SSSR count). The van der Waals surface area contributed by atoms with Crippen LogP contribution in [0, 0.1) is 11.8 Å². The average molecular weight is 271 g/mol. The first-order valence-corrected chi connectivity index (χ1v) is 8.49. The van der Waals surface area contributed by atoms with Crippen molar-refractivity contribution < 1.29 is 0 Å². The van der Waals surface area contributed by atoms with Crippen molar-refractivity contribution in [3.63, 3.8) is 0 Å². The molecule has 0 amide bonds. The fourth-order valence-electron chi connectivity index (χ4n) is 4.85. The zero-order valence-electron chi connectivity index (χ0n) is 13.1. The predicted molar refractivity (Wildman–Crippen MR) is 85.9 cm³/mol. The highest BCUT2D eigenvalue weighted by molar-refractivity contribution is 5.31. The van der Waals surface area contributed by atoms with Crippen molar-refractivity contribution >= 4 is 0 Å². The van der Waals surface area contributed by atoms with E-state index in [2.05, 4.69) is 49.6 Å². The van der Waals surface area contributed by atoms with Gasteiger partial charge in [-0.15, -0.1) is 0 Å². The van der Waals surface area contributed by atoms with Gasteiger partial charge >= 0.3 is 0 Å². The van der Waals surface area contributed by atoms with Crippen molar-refractivity contribution in [2.24, 2.45) is 11.8 Å². The molecule has 2 aliphatic rings. The summed E-state index contributed by atoms with van der Waals surface area (Å²) in [7, 11) is 2.19. The lowest BCUT2D eigenvalue weighted by atomic mass is 9.56. The van der Waals surface area contributed by atoms with E-state index in [9.17, 15) is 0 Å². The third kappa shape index (κ3) is 2.41. The van der Waals surface area contributed by atoms with Crippen LogP contribution in [0.15, 0.2) is 30.3 Å². The SMILES string of the molecule is CNC(C1CCCC(C)C1)C1(c2ccccc2)CCC1. The van der Waals surface area contributed by atoms with E-state index in [0.29, 0.717) is 11.5 Å². The minimum absolute atomic E-state index is 0.414. The molecule has 20 heavy (non-hydrogen) atoms. The summed E-state index contributed by atoms with van der Waals surface area (Å²) in [6.45, 7) is 2.44. The fraction of sp³-hybridized carbons (Fsp3) is 0.684. The molecule has 0 aromatic heterocycles. The number of hydrogen-bond acceptors (Lipinski definition) is 1. The van der Waals surface area contributed by atoms with E-state index < -0.39 is 0 Å². The van der Waals surface area contributed by atoms with Gasteiger partial charge in [0.25, 0.3) is 0 Å².